The van der Waals surface area contributed by atoms with Gasteiger partial charge in [0, 0.05) is 66.8 Å². The van der Waals surface area contributed by atoms with Gasteiger partial charge in [-0.25, -0.2) is 9.97 Å². The molecule has 1 aliphatic heterocycles. The molecule has 0 bridgehead atoms. The standard InChI is InChI=1S/C30H31N7O/c1-2-36-16-18-37(19-17-36)26-8-4-7-25(20-26)34-30-33-21-24-6-3-9-27(28(24)35-30)22-10-12-23(13-11-22)29(38)32-15-5-14-31/h3-4,6-13,20-21H,2,5,15-19H2,1H3,(H,32,38)(H,33,34,35). The van der Waals surface area contributed by atoms with Crippen LogP contribution >= 0.6 is 0 Å². The van der Waals surface area contributed by atoms with E-state index in [2.05, 4.69) is 50.5 Å². The van der Waals surface area contributed by atoms with Crippen molar-refractivity contribution in [3.63, 3.8) is 0 Å². The molecule has 1 fully saturated rings. The lowest BCUT2D eigenvalue weighted by Gasteiger charge is -2.35. The Hall–Kier alpha value is -4.48. The van der Waals surface area contributed by atoms with E-state index in [1.54, 1.807) is 12.1 Å². The van der Waals surface area contributed by atoms with Crippen LogP contribution in [-0.4, -0.2) is 60.0 Å². The monoisotopic (exact) mass is 505 g/mol. The topological polar surface area (TPSA) is 97.2 Å². The summed E-state index contributed by atoms with van der Waals surface area (Å²) in [5.74, 6) is 0.347. The van der Waals surface area contributed by atoms with Gasteiger partial charge in [-0.15, -0.1) is 0 Å². The number of likely N-dealkylation sites (N-methyl/N-ethyl adjacent to an activating group) is 1. The number of aromatic nitrogens is 2. The first-order valence-electron chi connectivity index (χ1n) is 13.0. The number of para-hydroxylation sites is 1. The molecule has 3 aromatic carbocycles. The van der Waals surface area contributed by atoms with Gasteiger partial charge in [0.1, 0.15) is 0 Å². The Morgan fingerprint density at radius 2 is 1.82 bits per heavy atom. The van der Waals surface area contributed by atoms with Gasteiger partial charge in [0.15, 0.2) is 0 Å². The number of piperazine rings is 1. The molecule has 1 aromatic heterocycles. The maximum atomic E-state index is 12.3. The largest absolute Gasteiger partial charge is 0.369 e. The van der Waals surface area contributed by atoms with Crippen LogP contribution in [0.2, 0.25) is 0 Å². The minimum Gasteiger partial charge on any atom is -0.369 e. The van der Waals surface area contributed by atoms with Crippen molar-refractivity contribution in [1.82, 2.24) is 20.2 Å². The Balaban J connectivity index is 1.35. The summed E-state index contributed by atoms with van der Waals surface area (Å²) in [5.41, 5.74) is 5.46. The zero-order valence-corrected chi connectivity index (χ0v) is 21.5. The lowest BCUT2D eigenvalue weighted by atomic mass is 10.0. The number of nitriles is 1. The molecule has 192 valence electrons. The number of benzene rings is 3. The van der Waals surface area contributed by atoms with Crippen molar-refractivity contribution < 1.29 is 4.79 Å². The van der Waals surface area contributed by atoms with E-state index < -0.39 is 0 Å². The first-order chi connectivity index (χ1) is 18.6. The summed E-state index contributed by atoms with van der Waals surface area (Å²) in [7, 11) is 0. The molecule has 4 aromatic rings. The van der Waals surface area contributed by atoms with Gasteiger partial charge in [-0.2, -0.15) is 5.26 Å². The number of rotatable bonds is 8. The van der Waals surface area contributed by atoms with E-state index in [9.17, 15) is 4.79 Å². The number of nitrogens with zero attached hydrogens (tertiary/aromatic N) is 5. The van der Waals surface area contributed by atoms with Crippen molar-refractivity contribution in [1.29, 1.82) is 5.26 Å². The van der Waals surface area contributed by atoms with Crippen LogP contribution in [0.4, 0.5) is 17.3 Å². The minimum absolute atomic E-state index is 0.187. The lowest BCUT2D eigenvalue weighted by molar-refractivity contribution is 0.0954. The summed E-state index contributed by atoms with van der Waals surface area (Å²) in [6.45, 7) is 7.85. The number of anilines is 3. The highest BCUT2D eigenvalue weighted by Gasteiger charge is 2.16. The Bertz CT molecular complexity index is 1450. The van der Waals surface area contributed by atoms with Gasteiger partial charge in [-0.05, 0) is 42.4 Å². The Morgan fingerprint density at radius 1 is 1.03 bits per heavy atom. The van der Waals surface area contributed by atoms with Gasteiger partial charge < -0.3 is 20.4 Å². The van der Waals surface area contributed by atoms with Crippen LogP contribution in [0, 0.1) is 11.3 Å². The molecule has 5 rings (SSSR count). The van der Waals surface area contributed by atoms with Crippen molar-refractivity contribution in [3.05, 3.63) is 78.5 Å². The summed E-state index contributed by atoms with van der Waals surface area (Å²) < 4.78 is 0. The fourth-order valence-electron chi connectivity index (χ4n) is 4.72. The maximum Gasteiger partial charge on any atom is 0.251 e. The van der Waals surface area contributed by atoms with Crippen molar-refractivity contribution in [2.45, 2.75) is 13.3 Å². The van der Waals surface area contributed by atoms with Gasteiger partial charge in [0.2, 0.25) is 5.95 Å². The number of hydrogen-bond donors (Lipinski definition) is 2. The van der Waals surface area contributed by atoms with E-state index in [4.69, 9.17) is 10.2 Å². The quantitative estimate of drug-likeness (QED) is 0.331. The van der Waals surface area contributed by atoms with Crippen molar-refractivity contribution >= 4 is 34.1 Å². The number of hydrogen-bond acceptors (Lipinski definition) is 7. The molecule has 0 atom stereocenters. The third-order valence-corrected chi connectivity index (χ3v) is 6.88. The molecule has 0 aliphatic carbocycles. The molecule has 1 saturated heterocycles. The average molecular weight is 506 g/mol. The molecule has 1 amide bonds. The molecule has 38 heavy (non-hydrogen) atoms. The third kappa shape index (κ3) is 5.74. The second-order valence-electron chi connectivity index (χ2n) is 9.28. The van der Waals surface area contributed by atoms with Crippen LogP contribution < -0.4 is 15.5 Å². The second-order valence-corrected chi connectivity index (χ2v) is 9.28. The SMILES string of the molecule is CCN1CCN(c2cccc(Nc3ncc4cccc(-c5ccc(C(=O)NCCC#N)cc5)c4n3)c2)CC1. The van der Waals surface area contributed by atoms with E-state index in [1.807, 2.05) is 48.7 Å². The number of amides is 1. The number of carbonyl (C=O) groups is 1. The highest BCUT2D eigenvalue weighted by Crippen LogP contribution is 2.29. The van der Waals surface area contributed by atoms with Crippen LogP contribution in [0.1, 0.15) is 23.7 Å². The highest BCUT2D eigenvalue weighted by atomic mass is 16.1. The van der Waals surface area contributed by atoms with Crippen LogP contribution in [0.3, 0.4) is 0 Å². The van der Waals surface area contributed by atoms with E-state index in [0.29, 0.717) is 18.1 Å². The van der Waals surface area contributed by atoms with Gasteiger partial charge in [0.05, 0.1) is 18.0 Å². The predicted octanol–water partition coefficient (Wildman–Crippen LogP) is 4.83. The number of fused-ring (bicyclic) bond motifs is 1. The van der Waals surface area contributed by atoms with Gasteiger partial charge >= 0.3 is 0 Å². The van der Waals surface area contributed by atoms with Gasteiger partial charge in [-0.3, -0.25) is 4.79 Å². The molecule has 0 spiro atoms. The normalized spacial score (nSPS) is 13.7. The predicted molar refractivity (Wildman–Crippen MR) is 152 cm³/mol. The summed E-state index contributed by atoms with van der Waals surface area (Å²) >= 11 is 0. The molecule has 2 heterocycles. The van der Waals surface area contributed by atoms with Gasteiger partial charge in [0.25, 0.3) is 5.91 Å². The zero-order valence-electron chi connectivity index (χ0n) is 21.5. The third-order valence-electron chi connectivity index (χ3n) is 6.88. The highest BCUT2D eigenvalue weighted by molar-refractivity contribution is 5.97. The van der Waals surface area contributed by atoms with E-state index >= 15 is 0 Å². The summed E-state index contributed by atoms with van der Waals surface area (Å²) in [4.78, 5) is 26.6. The van der Waals surface area contributed by atoms with E-state index in [-0.39, 0.29) is 12.3 Å². The first kappa shape index (κ1) is 25.2. The maximum absolute atomic E-state index is 12.3. The average Bonchev–Trinajstić information content (AvgIpc) is 2.97. The summed E-state index contributed by atoms with van der Waals surface area (Å²) in [6, 6.07) is 23.9. The zero-order chi connectivity index (χ0) is 26.3. The molecule has 0 radical (unpaired) electrons. The first-order valence-corrected chi connectivity index (χ1v) is 13.0. The van der Waals surface area contributed by atoms with Crippen LogP contribution in [0.5, 0.6) is 0 Å². The minimum atomic E-state index is -0.187. The number of carbonyl (C=O) groups excluding carboxylic acids is 1. The molecule has 8 heteroatoms. The Labute approximate surface area is 222 Å². The van der Waals surface area contributed by atoms with Crippen molar-refractivity contribution in [3.8, 4) is 17.2 Å². The Morgan fingerprint density at radius 3 is 2.58 bits per heavy atom. The molecule has 8 nitrogen and oxygen atoms in total. The van der Waals surface area contributed by atoms with Crippen molar-refractivity contribution in [2.24, 2.45) is 0 Å². The van der Waals surface area contributed by atoms with Gasteiger partial charge in [-0.1, -0.05) is 43.3 Å². The lowest BCUT2D eigenvalue weighted by Crippen LogP contribution is -2.46. The van der Waals surface area contributed by atoms with Crippen LogP contribution in [-0.2, 0) is 0 Å². The van der Waals surface area contributed by atoms with Crippen molar-refractivity contribution in [2.75, 3.05) is 49.5 Å². The van der Waals surface area contributed by atoms with E-state index in [1.165, 1.54) is 5.69 Å². The van der Waals surface area contributed by atoms with Crippen LogP contribution in [0.25, 0.3) is 22.0 Å². The molecule has 2 N–H and O–H groups in total. The molecular weight excluding hydrogens is 474 g/mol. The second kappa shape index (κ2) is 11.7. The molecule has 0 unspecified atom stereocenters. The molecular formula is C30H31N7O. The van der Waals surface area contributed by atoms with Crippen LogP contribution in [0.15, 0.2) is 72.9 Å². The summed E-state index contributed by atoms with van der Waals surface area (Å²) in [6.07, 6.45) is 2.12. The fraction of sp³-hybridized carbons (Fsp3) is 0.267. The van der Waals surface area contributed by atoms with E-state index in [0.717, 1.165) is 60.4 Å². The Kier molecular flexibility index (Phi) is 7.76. The smallest absolute Gasteiger partial charge is 0.251 e. The number of nitrogens with one attached hydrogen (secondary N) is 2. The summed E-state index contributed by atoms with van der Waals surface area (Å²) in [5, 5.41) is 15.7. The fourth-order valence-corrected chi connectivity index (χ4v) is 4.72. The molecule has 0 saturated carbocycles. The molecule has 1 aliphatic rings.